The van der Waals surface area contributed by atoms with Crippen LogP contribution in [0.25, 0.3) is 11.0 Å². The zero-order valence-electron chi connectivity index (χ0n) is 12.1. The third kappa shape index (κ3) is 2.50. The minimum atomic E-state index is -3.61. The van der Waals surface area contributed by atoms with Crippen molar-refractivity contribution in [1.29, 1.82) is 0 Å². The van der Waals surface area contributed by atoms with Crippen LogP contribution in [-0.2, 0) is 23.0 Å². The Labute approximate surface area is 141 Å². The topological polar surface area (TPSA) is 79.2 Å². The molecule has 0 radical (unpaired) electrons. The van der Waals surface area contributed by atoms with Gasteiger partial charge in [-0.05, 0) is 34.5 Å². The zero-order chi connectivity index (χ0) is 16.0. The van der Waals surface area contributed by atoms with Crippen LogP contribution in [0.3, 0.4) is 0 Å². The van der Waals surface area contributed by atoms with Gasteiger partial charge in [0, 0.05) is 47.3 Å². The van der Waals surface area contributed by atoms with Crippen molar-refractivity contribution in [2.75, 3.05) is 6.54 Å². The van der Waals surface area contributed by atoms with Gasteiger partial charge in [-0.2, -0.15) is 4.31 Å². The van der Waals surface area contributed by atoms with E-state index >= 15 is 0 Å². The first kappa shape index (κ1) is 14.9. The van der Waals surface area contributed by atoms with Crippen molar-refractivity contribution in [3.8, 4) is 0 Å². The molecule has 0 fully saturated rings. The first-order valence-corrected chi connectivity index (χ1v) is 9.47. The molecule has 4 rings (SSSR count). The minimum absolute atomic E-state index is 0.258. The van der Waals surface area contributed by atoms with Crippen molar-refractivity contribution < 1.29 is 12.8 Å². The van der Waals surface area contributed by atoms with Gasteiger partial charge in [0.2, 0.25) is 10.0 Å². The summed E-state index contributed by atoms with van der Waals surface area (Å²) in [6, 6.07) is 3.61. The van der Waals surface area contributed by atoms with E-state index in [9.17, 15) is 8.42 Å². The average molecular weight is 396 g/mol. The number of aromatic nitrogens is 2. The van der Waals surface area contributed by atoms with Crippen LogP contribution in [0.2, 0.25) is 0 Å². The van der Waals surface area contributed by atoms with Crippen LogP contribution >= 0.6 is 15.9 Å². The van der Waals surface area contributed by atoms with Gasteiger partial charge in [-0.15, -0.1) is 0 Å². The minimum Gasteiger partial charge on any atom is -0.469 e. The molecule has 0 unspecified atom stereocenters. The Hall–Kier alpha value is -1.64. The lowest BCUT2D eigenvalue weighted by molar-refractivity contribution is 0.410. The second-order valence-corrected chi connectivity index (χ2v) is 8.34. The molecule has 23 heavy (non-hydrogen) atoms. The fourth-order valence-electron chi connectivity index (χ4n) is 2.92. The van der Waals surface area contributed by atoms with E-state index in [0.717, 1.165) is 28.6 Å². The van der Waals surface area contributed by atoms with Crippen LogP contribution in [0.4, 0.5) is 0 Å². The number of aryl methyl sites for hydroxylation is 1. The molecule has 0 aliphatic carbocycles. The monoisotopic (exact) mass is 395 g/mol. The summed E-state index contributed by atoms with van der Waals surface area (Å²) in [5.41, 5.74) is 1.50. The maximum atomic E-state index is 13.1. The van der Waals surface area contributed by atoms with E-state index in [2.05, 4.69) is 25.9 Å². The molecule has 6 nitrogen and oxygen atoms in total. The van der Waals surface area contributed by atoms with Crippen LogP contribution < -0.4 is 0 Å². The van der Waals surface area contributed by atoms with E-state index in [4.69, 9.17) is 4.42 Å². The molecule has 120 valence electrons. The van der Waals surface area contributed by atoms with E-state index in [1.54, 1.807) is 18.5 Å². The molecule has 3 aromatic heterocycles. The Bertz CT molecular complexity index is 977. The van der Waals surface area contributed by atoms with Crippen LogP contribution in [0.1, 0.15) is 17.7 Å². The summed E-state index contributed by atoms with van der Waals surface area (Å²) in [7, 11) is -3.61. The summed E-state index contributed by atoms with van der Waals surface area (Å²) >= 11 is 3.35. The van der Waals surface area contributed by atoms with E-state index in [1.807, 2.05) is 6.07 Å². The van der Waals surface area contributed by atoms with Crippen molar-refractivity contribution in [3.05, 3.63) is 46.6 Å². The highest BCUT2D eigenvalue weighted by atomic mass is 79.9. The Balaban J connectivity index is 1.79. The molecule has 3 aromatic rings. The maximum Gasteiger partial charge on any atom is 0.245 e. The molecule has 0 amide bonds. The Morgan fingerprint density at radius 1 is 1.39 bits per heavy atom. The van der Waals surface area contributed by atoms with Gasteiger partial charge in [-0.1, -0.05) is 0 Å². The number of halogens is 1. The molecule has 0 saturated carbocycles. The fraction of sp³-hybridized carbons (Fsp3) is 0.267. The lowest BCUT2D eigenvalue weighted by Crippen LogP contribution is -2.30. The molecule has 0 atom stereocenters. The summed E-state index contributed by atoms with van der Waals surface area (Å²) in [5.74, 6) is 0.881. The molecule has 4 heterocycles. The zero-order valence-corrected chi connectivity index (χ0v) is 14.5. The Morgan fingerprint density at radius 2 is 2.26 bits per heavy atom. The quantitative estimate of drug-likeness (QED) is 0.722. The van der Waals surface area contributed by atoms with Crippen LogP contribution in [0, 0.1) is 0 Å². The first-order valence-electron chi connectivity index (χ1n) is 7.24. The second kappa shape index (κ2) is 5.47. The van der Waals surface area contributed by atoms with Crippen LogP contribution in [-0.4, -0.2) is 29.2 Å². The van der Waals surface area contributed by atoms with Gasteiger partial charge in [-0.3, -0.25) is 0 Å². The number of H-pyrrole nitrogens is 1. The van der Waals surface area contributed by atoms with Crippen molar-refractivity contribution >= 4 is 37.0 Å². The molecular formula is C15H14BrN3O3S. The fourth-order valence-corrected chi connectivity index (χ4v) is 4.85. The summed E-state index contributed by atoms with van der Waals surface area (Å²) in [5, 5.41) is 0.594. The Morgan fingerprint density at radius 3 is 3.13 bits per heavy atom. The summed E-state index contributed by atoms with van der Waals surface area (Å²) < 4.78 is 33.9. The highest BCUT2D eigenvalue weighted by Gasteiger charge is 2.30. The van der Waals surface area contributed by atoms with Gasteiger partial charge in [0.05, 0.1) is 6.26 Å². The summed E-state index contributed by atoms with van der Waals surface area (Å²) in [6.07, 6.45) is 6.27. The van der Waals surface area contributed by atoms with Gasteiger partial charge in [0.15, 0.2) is 0 Å². The number of pyridine rings is 1. The molecule has 1 aliphatic rings. The van der Waals surface area contributed by atoms with Gasteiger partial charge >= 0.3 is 0 Å². The standard InChI is InChI=1S/C15H14BrN3O3S/c16-11-6-12-14(8-18-15(12)17-7-11)23(20,21)19-4-1-2-13-10(9-19)3-5-22-13/h3,5-8H,1-2,4,9H2,(H,17,18). The number of furan rings is 1. The van der Waals surface area contributed by atoms with Crippen molar-refractivity contribution in [3.63, 3.8) is 0 Å². The average Bonchev–Trinajstić information content (AvgIpc) is 3.08. The van der Waals surface area contributed by atoms with E-state index < -0.39 is 10.0 Å². The first-order chi connectivity index (χ1) is 11.1. The van der Waals surface area contributed by atoms with Crippen molar-refractivity contribution in [2.45, 2.75) is 24.3 Å². The summed E-state index contributed by atoms with van der Waals surface area (Å²) in [4.78, 5) is 7.40. The largest absolute Gasteiger partial charge is 0.469 e. The highest BCUT2D eigenvalue weighted by molar-refractivity contribution is 9.10. The SMILES string of the molecule is O=S(=O)(c1c[nH]c2ncc(Br)cc12)N1CCCc2occc2C1. The number of rotatable bonds is 2. The lowest BCUT2D eigenvalue weighted by atomic mass is 10.2. The molecule has 0 bridgehead atoms. The second-order valence-electron chi connectivity index (χ2n) is 5.51. The van der Waals surface area contributed by atoms with Crippen LogP contribution in [0.5, 0.6) is 0 Å². The third-order valence-corrected chi connectivity index (χ3v) is 6.39. The molecule has 0 saturated heterocycles. The van der Waals surface area contributed by atoms with Gasteiger partial charge in [0.1, 0.15) is 16.3 Å². The molecule has 1 aliphatic heterocycles. The van der Waals surface area contributed by atoms with Crippen molar-refractivity contribution in [2.24, 2.45) is 0 Å². The number of sulfonamides is 1. The molecule has 8 heteroatoms. The number of hydrogen-bond acceptors (Lipinski definition) is 4. The molecular weight excluding hydrogens is 382 g/mol. The summed E-state index contributed by atoms with van der Waals surface area (Å²) in [6.45, 7) is 0.808. The van der Waals surface area contributed by atoms with Gasteiger partial charge < -0.3 is 9.40 Å². The van der Waals surface area contributed by atoms with E-state index in [0.29, 0.717) is 24.1 Å². The highest BCUT2D eigenvalue weighted by Crippen LogP contribution is 2.29. The normalized spacial score (nSPS) is 16.4. The predicted octanol–water partition coefficient (Wildman–Crippen LogP) is 3.06. The maximum absolute atomic E-state index is 13.1. The predicted molar refractivity (Wildman–Crippen MR) is 88.4 cm³/mol. The number of hydrogen-bond donors (Lipinski definition) is 1. The Kier molecular flexibility index (Phi) is 3.55. The van der Waals surface area contributed by atoms with Crippen LogP contribution in [0.15, 0.2) is 44.6 Å². The van der Waals surface area contributed by atoms with Gasteiger partial charge in [-0.25, -0.2) is 13.4 Å². The smallest absolute Gasteiger partial charge is 0.245 e. The van der Waals surface area contributed by atoms with Crippen molar-refractivity contribution in [1.82, 2.24) is 14.3 Å². The molecule has 1 N–H and O–H groups in total. The lowest BCUT2D eigenvalue weighted by Gasteiger charge is -2.19. The number of nitrogens with zero attached hydrogens (tertiary/aromatic N) is 2. The number of fused-ring (bicyclic) bond motifs is 2. The van der Waals surface area contributed by atoms with Gasteiger partial charge in [0.25, 0.3) is 0 Å². The van der Waals surface area contributed by atoms with E-state index in [1.165, 1.54) is 10.5 Å². The molecule has 0 spiro atoms. The van der Waals surface area contributed by atoms with E-state index in [-0.39, 0.29) is 4.90 Å². The molecule has 0 aromatic carbocycles. The number of nitrogens with one attached hydrogen (secondary N) is 1. The number of aromatic amines is 1. The third-order valence-electron chi connectivity index (χ3n) is 4.07.